The fourth-order valence-corrected chi connectivity index (χ4v) is 5.85. The lowest BCUT2D eigenvalue weighted by atomic mass is 10.3. The van der Waals surface area contributed by atoms with Crippen LogP contribution in [-0.2, 0) is 0 Å². The van der Waals surface area contributed by atoms with Crippen LogP contribution in [0.5, 0.6) is 5.75 Å². The average Bonchev–Trinajstić information content (AvgIpc) is 2.35. The molecule has 1 aromatic rings. The summed E-state index contributed by atoms with van der Waals surface area (Å²) in [5, 5.41) is 0. The van der Waals surface area contributed by atoms with Crippen LogP contribution in [-0.4, -0.2) is 7.11 Å². The number of hydrogen-bond donors (Lipinski definition) is 0. The minimum atomic E-state index is 0.626. The summed E-state index contributed by atoms with van der Waals surface area (Å²) in [7, 11) is 28.9. The predicted molar refractivity (Wildman–Crippen MR) is 79.8 cm³/mol. The molecule has 1 rings (SSSR count). The van der Waals surface area contributed by atoms with Crippen molar-refractivity contribution in [2.45, 2.75) is 19.6 Å². The summed E-state index contributed by atoms with van der Waals surface area (Å²) in [6.45, 7) is 0. The van der Waals surface area contributed by atoms with Gasteiger partial charge in [0, 0.05) is 4.90 Å². The first-order chi connectivity index (χ1) is 7.73. The van der Waals surface area contributed by atoms with Crippen molar-refractivity contribution in [3.05, 3.63) is 6.07 Å². The maximum Gasteiger partial charge on any atom is 0.136 e. The van der Waals surface area contributed by atoms with Gasteiger partial charge in [-0.2, -0.15) is 0 Å². The molecule has 1 aromatic carbocycles. The monoisotopic (exact) mass is 372 g/mol. The first kappa shape index (κ1) is 15.6. The van der Waals surface area contributed by atoms with Crippen molar-refractivity contribution in [2.75, 3.05) is 7.11 Å². The third-order valence-corrected chi connectivity index (χ3v) is 6.12. The zero-order valence-electron chi connectivity index (χ0n) is 7.63. The third-order valence-electron chi connectivity index (χ3n) is 1.66. The van der Waals surface area contributed by atoms with Crippen molar-refractivity contribution in [3.63, 3.8) is 0 Å². The van der Waals surface area contributed by atoms with Crippen LogP contribution in [0.4, 0.5) is 0 Å². The van der Waals surface area contributed by atoms with Crippen LogP contribution in [0.3, 0.4) is 0 Å². The lowest BCUT2D eigenvalue weighted by Gasteiger charge is -2.14. The molecule has 16 heavy (non-hydrogen) atoms. The number of rotatable bonds is 5. The number of halogens is 4. The Labute approximate surface area is 129 Å². The highest BCUT2D eigenvalue weighted by molar-refractivity contribution is 8.25. The smallest absolute Gasteiger partial charge is 0.136 e. The summed E-state index contributed by atoms with van der Waals surface area (Å²) in [5.41, 5.74) is 0. The van der Waals surface area contributed by atoms with Gasteiger partial charge < -0.3 is 4.74 Å². The van der Waals surface area contributed by atoms with Crippen molar-refractivity contribution in [2.24, 2.45) is 0 Å². The minimum absolute atomic E-state index is 0.626. The normalized spacial score (nSPS) is 10.6. The summed E-state index contributed by atoms with van der Waals surface area (Å²) in [4.78, 5) is 3.06. The predicted octanol–water partition coefficient (Wildman–Crippen LogP) is 6.68. The summed E-state index contributed by atoms with van der Waals surface area (Å²) >= 11 is 0. The van der Waals surface area contributed by atoms with Gasteiger partial charge in [0.15, 0.2) is 0 Å². The zero-order valence-corrected chi connectivity index (χ0v) is 13.9. The molecular weight excluding hydrogens is 370 g/mol. The first-order valence-corrected chi connectivity index (χ1v) is 10.2. The maximum absolute atomic E-state index is 5.82. The zero-order chi connectivity index (χ0) is 12.1. The number of ether oxygens (including phenoxy) is 1. The van der Waals surface area contributed by atoms with Gasteiger partial charge in [-0.3, -0.25) is 0 Å². The van der Waals surface area contributed by atoms with E-state index in [-0.39, 0.29) is 0 Å². The van der Waals surface area contributed by atoms with Crippen molar-refractivity contribution >= 4 is 86.6 Å². The van der Waals surface area contributed by atoms with Gasteiger partial charge >= 0.3 is 0 Å². The van der Waals surface area contributed by atoms with E-state index in [0.717, 1.165) is 63.5 Å². The van der Waals surface area contributed by atoms with Gasteiger partial charge in [-0.15, -0.1) is 0 Å². The van der Waals surface area contributed by atoms with E-state index < -0.39 is 0 Å². The Morgan fingerprint density at radius 1 is 0.875 bits per heavy atom. The van der Waals surface area contributed by atoms with Crippen LogP contribution in [0, 0.1) is 0 Å². The minimum Gasteiger partial charge on any atom is -0.495 e. The quantitative estimate of drug-likeness (QED) is 0.567. The summed E-state index contributed by atoms with van der Waals surface area (Å²) in [6, 6.07) is 1.78. The van der Waals surface area contributed by atoms with Gasteiger partial charge in [-0.05, 0) is 92.7 Å². The average molecular weight is 374 g/mol. The van der Waals surface area contributed by atoms with Gasteiger partial charge in [0.05, 0.1) is 21.8 Å². The topological polar surface area (TPSA) is 9.23 Å². The molecule has 0 spiro atoms. The molecule has 0 saturated carbocycles. The summed E-state index contributed by atoms with van der Waals surface area (Å²) < 4.78 is 5.22. The van der Waals surface area contributed by atoms with Crippen molar-refractivity contribution in [1.29, 1.82) is 0 Å². The van der Waals surface area contributed by atoms with Crippen molar-refractivity contribution < 1.29 is 4.74 Å². The molecule has 9 heteroatoms. The van der Waals surface area contributed by atoms with Crippen molar-refractivity contribution in [1.82, 2.24) is 0 Å². The van der Waals surface area contributed by atoms with Gasteiger partial charge in [-0.1, -0.05) is 0 Å². The van der Waals surface area contributed by atoms with Crippen LogP contribution < -0.4 is 4.74 Å². The van der Waals surface area contributed by atoms with E-state index >= 15 is 0 Å². The molecule has 0 heterocycles. The van der Waals surface area contributed by atoms with Gasteiger partial charge in [0.2, 0.25) is 0 Å². The molecular formula is C7H4Cl4OS4. The molecule has 0 bridgehead atoms. The number of hydrogen-bond acceptors (Lipinski definition) is 5. The van der Waals surface area contributed by atoms with E-state index in [0.29, 0.717) is 5.75 Å². The molecule has 1 nitrogen and oxygen atoms in total. The fraction of sp³-hybridized carbons (Fsp3) is 0.143. The fourth-order valence-electron chi connectivity index (χ4n) is 1.00. The van der Waals surface area contributed by atoms with Crippen LogP contribution in [0.2, 0.25) is 0 Å². The molecule has 90 valence electrons. The molecule has 0 N–H and O–H groups in total. The van der Waals surface area contributed by atoms with Gasteiger partial charge in [0.25, 0.3) is 0 Å². The largest absolute Gasteiger partial charge is 0.495 e. The Hall–Kier alpha value is 1.58. The molecule has 0 aliphatic heterocycles. The molecule has 0 aliphatic rings. The number of benzene rings is 1. The molecule has 0 unspecified atom stereocenters. The van der Waals surface area contributed by atoms with Crippen molar-refractivity contribution in [3.8, 4) is 5.75 Å². The van der Waals surface area contributed by atoms with Crippen LogP contribution in [0.1, 0.15) is 0 Å². The second kappa shape index (κ2) is 7.89. The van der Waals surface area contributed by atoms with Crippen LogP contribution in [0.25, 0.3) is 0 Å². The number of methoxy groups -OCH3 is 1. The Kier molecular flexibility index (Phi) is 7.71. The third kappa shape index (κ3) is 3.32. The van der Waals surface area contributed by atoms with Crippen LogP contribution in [0.15, 0.2) is 25.6 Å². The highest BCUT2D eigenvalue weighted by atomic mass is 35.7. The highest BCUT2D eigenvalue weighted by Gasteiger charge is 2.19. The van der Waals surface area contributed by atoms with E-state index in [1.54, 1.807) is 13.2 Å². The van der Waals surface area contributed by atoms with E-state index in [4.69, 9.17) is 47.5 Å². The van der Waals surface area contributed by atoms with Gasteiger partial charge in [0.1, 0.15) is 5.75 Å². The Balaban J connectivity index is 3.47. The molecule has 0 atom stereocenters. The molecule has 0 aliphatic carbocycles. The van der Waals surface area contributed by atoms with E-state index in [1.807, 2.05) is 0 Å². The SMILES string of the molecule is COc1cc(SCl)c(SCl)c(SCl)c1SCl. The second-order valence-electron chi connectivity index (χ2n) is 2.37. The Bertz CT molecular complexity index is 346. The highest BCUT2D eigenvalue weighted by Crippen LogP contribution is 2.51. The maximum atomic E-state index is 5.82. The Morgan fingerprint density at radius 2 is 1.44 bits per heavy atom. The van der Waals surface area contributed by atoms with E-state index in [9.17, 15) is 0 Å². The molecule has 0 aromatic heterocycles. The van der Waals surface area contributed by atoms with E-state index in [2.05, 4.69) is 0 Å². The summed E-state index contributed by atoms with van der Waals surface area (Å²) in [6.07, 6.45) is 0. The van der Waals surface area contributed by atoms with Crippen LogP contribution >= 0.6 is 86.6 Å². The Morgan fingerprint density at radius 3 is 1.81 bits per heavy atom. The molecule has 0 fully saturated rings. The van der Waals surface area contributed by atoms with Gasteiger partial charge in [-0.25, -0.2) is 0 Å². The van der Waals surface area contributed by atoms with E-state index in [1.165, 1.54) is 0 Å². The molecule has 0 radical (unpaired) electrons. The lowest BCUT2D eigenvalue weighted by molar-refractivity contribution is 0.400. The molecule has 0 saturated heterocycles. The second-order valence-corrected chi connectivity index (χ2v) is 6.51. The molecule has 0 amide bonds. The summed E-state index contributed by atoms with van der Waals surface area (Å²) in [5.74, 6) is 0.626. The lowest BCUT2D eigenvalue weighted by Crippen LogP contribution is -1.90. The first-order valence-electron chi connectivity index (χ1n) is 3.62. The standard InChI is InChI=1S/C7H4Cl4OS4/c1-12-3-2-4(13-8)6(15-10)7(16-11)5(3)14-9/h2H,1H3.